The van der Waals surface area contributed by atoms with Crippen LogP contribution < -0.4 is 11.2 Å². The predicted octanol–water partition coefficient (Wildman–Crippen LogP) is 1.68. The summed E-state index contributed by atoms with van der Waals surface area (Å²) in [6.07, 6.45) is 2.35. The number of thiophene rings is 1. The number of rotatable bonds is 3. The lowest BCUT2D eigenvalue weighted by molar-refractivity contribution is 0.596. The predicted molar refractivity (Wildman–Crippen MR) is 67.4 cm³/mol. The van der Waals surface area contributed by atoms with Crippen molar-refractivity contribution in [2.75, 3.05) is 0 Å². The van der Waals surface area contributed by atoms with Gasteiger partial charge in [-0.3, -0.25) is 14.3 Å². The molecule has 2 aromatic rings. The van der Waals surface area contributed by atoms with Gasteiger partial charge in [0, 0.05) is 23.6 Å². The molecule has 5 heteroatoms. The van der Waals surface area contributed by atoms with Gasteiger partial charge in [-0.2, -0.15) is 11.3 Å². The smallest absolute Gasteiger partial charge is 0.293 e. The Morgan fingerprint density at radius 1 is 1.41 bits per heavy atom. The van der Waals surface area contributed by atoms with E-state index < -0.39 is 0 Å². The van der Waals surface area contributed by atoms with Crippen LogP contribution in [0, 0.1) is 5.92 Å². The zero-order chi connectivity index (χ0) is 11.8. The molecule has 2 aromatic heterocycles. The minimum Gasteiger partial charge on any atom is -0.293 e. The topological polar surface area (TPSA) is 54.9 Å². The molecule has 0 radical (unpaired) electrons. The zero-order valence-electron chi connectivity index (χ0n) is 9.18. The fourth-order valence-corrected chi connectivity index (χ4v) is 2.56. The van der Waals surface area contributed by atoms with E-state index in [-0.39, 0.29) is 11.2 Å². The van der Waals surface area contributed by atoms with Crippen LogP contribution in [0.5, 0.6) is 0 Å². The third-order valence-corrected chi connectivity index (χ3v) is 3.67. The van der Waals surface area contributed by atoms with Gasteiger partial charge in [0.05, 0.1) is 5.69 Å². The molecule has 1 fully saturated rings. The highest BCUT2D eigenvalue weighted by molar-refractivity contribution is 7.08. The van der Waals surface area contributed by atoms with Crippen molar-refractivity contribution in [3.05, 3.63) is 43.7 Å². The number of H-pyrrole nitrogens is 1. The molecule has 0 aliphatic heterocycles. The summed E-state index contributed by atoms with van der Waals surface area (Å²) in [4.78, 5) is 25.6. The number of hydrogen-bond donors (Lipinski definition) is 1. The van der Waals surface area contributed by atoms with E-state index in [1.165, 1.54) is 18.9 Å². The number of nitrogens with one attached hydrogen (secondary N) is 1. The van der Waals surface area contributed by atoms with Crippen molar-refractivity contribution in [3.63, 3.8) is 0 Å². The van der Waals surface area contributed by atoms with Gasteiger partial charge < -0.3 is 0 Å². The first-order valence-corrected chi connectivity index (χ1v) is 6.55. The molecule has 1 aliphatic carbocycles. The molecule has 0 amide bonds. The Balaban J connectivity index is 2.16. The van der Waals surface area contributed by atoms with Crippen molar-refractivity contribution in [1.29, 1.82) is 0 Å². The normalized spacial score (nSPS) is 15.1. The molecule has 1 saturated carbocycles. The number of hydrogen-bond acceptors (Lipinski definition) is 3. The maximum atomic E-state index is 11.8. The summed E-state index contributed by atoms with van der Waals surface area (Å²) < 4.78 is 1.68. The van der Waals surface area contributed by atoms with E-state index in [9.17, 15) is 9.59 Å². The highest BCUT2D eigenvalue weighted by Gasteiger charge is 2.23. The second-order valence-corrected chi connectivity index (χ2v) is 5.17. The lowest BCUT2D eigenvalue weighted by Gasteiger charge is -2.09. The maximum Gasteiger partial charge on any atom is 0.328 e. The molecule has 17 heavy (non-hydrogen) atoms. The second-order valence-electron chi connectivity index (χ2n) is 4.39. The summed E-state index contributed by atoms with van der Waals surface area (Å²) in [5.74, 6) is 0.594. The van der Waals surface area contributed by atoms with Crippen LogP contribution in [-0.2, 0) is 6.54 Å². The fraction of sp³-hybridized carbons (Fsp3) is 0.333. The van der Waals surface area contributed by atoms with Gasteiger partial charge in [-0.05, 0) is 30.2 Å². The molecule has 0 saturated heterocycles. The van der Waals surface area contributed by atoms with E-state index >= 15 is 0 Å². The molecular formula is C12H12N2O2S. The quantitative estimate of drug-likeness (QED) is 0.898. The van der Waals surface area contributed by atoms with Gasteiger partial charge in [-0.25, -0.2) is 4.79 Å². The minimum atomic E-state index is -0.330. The fourth-order valence-electron chi connectivity index (χ4n) is 1.91. The lowest BCUT2D eigenvalue weighted by atomic mass is 10.2. The van der Waals surface area contributed by atoms with E-state index in [4.69, 9.17) is 0 Å². The Morgan fingerprint density at radius 2 is 2.24 bits per heavy atom. The number of nitrogens with zero attached hydrogens (tertiary/aromatic N) is 1. The van der Waals surface area contributed by atoms with Crippen LogP contribution in [0.4, 0.5) is 0 Å². The zero-order valence-corrected chi connectivity index (χ0v) is 10.00. The molecule has 2 heterocycles. The van der Waals surface area contributed by atoms with E-state index in [1.807, 2.05) is 16.8 Å². The van der Waals surface area contributed by atoms with Crippen LogP contribution in [0.15, 0.2) is 32.5 Å². The Morgan fingerprint density at radius 3 is 2.88 bits per heavy atom. The monoisotopic (exact) mass is 248 g/mol. The first-order valence-electron chi connectivity index (χ1n) is 5.61. The molecular weight excluding hydrogens is 236 g/mol. The number of aromatic nitrogens is 2. The summed E-state index contributed by atoms with van der Waals surface area (Å²) >= 11 is 1.56. The van der Waals surface area contributed by atoms with Gasteiger partial charge in [0.2, 0.25) is 0 Å². The SMILES string of the molecule is O=c1cc(-c2ccsc2)n(CC2CC2)c(=O)[nH]1. The standard InChI is InChI=1S/C12H12N2O2S/c15-11-5-10(9-3-4-17-7-9)14(12(16)13-11)6-8-1-2-8/h3-5,7-8H,1-2,6H2,(H,13,15,16). The van der Waals surface area contributed by atoms with Crippen molar-refractivity contribution >= 4 is 11.3 Å². The van der Waals surface area contributed by atoms with Crippen LogP contribution in [0.3, 0.4) is 0 Å². The third kappa shape index (κ3) is 2.10. The van der Waals surface area contributed by atoms with Gasteiger partial charge >= 0.3 is 5.69 Å². The van der Waals surface area contributed by atoms with Gasteiger partial charge in [-0.1, -0.05) is 0 Å². The van der Waals surface area contributed by atoms with Crippen molar-refractivity contribution in [2.45, 2.75) is 19.4 Å². The van der Waals surface area contributed by atoms with Gasteiger partial charge in [-0.15, -0.1) is 0 Å². The van der Waals surface area contributed by atoms with Crippen LogP contribution in [0.2, 0.25) is 0 Å². The largest absolute Gasteiger partial charge is 0.328 e. The third-order valence-electron chi connectivity index (χ3n) is 2.99. The molecule has 4 nitrogen and oxygen atoms in total. The molecule has 0 spiro atoms. The van der Waals surface area contributed by atoms with Crippen LogP contribution in [0.25, 0.3) is 11.3 Å². The molecule has 0 aromatic carbocycles. The van der Waals surface area contributed by atoms with E-state index in [0.717, 1.165) is 11.3 Å². The summed E-state index contributed by atoms with van der Waals surface area (Å²) in [5, 5.41) is 3.90. The summed E-state index contributed by atoms with van der Waals surface area (Å²) in [6.45, 7) is 0.709. The Kier molecular flexibility index (Phi) is 2.48. The van der Waals surface area contributed by atoms with E-state index in [0.29, 0.717) is 12.5 Å². The van der Waals surface area contributed by atoms with Gasteiger partial charge in [0.25, 0.3) is 5.56 Å². The van der Waals surface area contributed by atoms with Crippen molar-refractivity contribution < 1.29 is 0 Å². The van der Waals surface area contributed by atoms with Crippen LogP contribution in [0.1, 0.15) is 12.8 Å². The minimum absolute atomic E-state index is 0.300. The van der Waals surface area contributed by atoms with E-state index in [2.05, 4.69) is 4.98 Å². The number of aromatic amines is 1. The average molecular weight is 248 g/mol. The molecule has 0 bridgehead atoms. The van der Waals surface area contributed by atoms with Crippen LogP contribution >= 0.6 is 11.3 Å². The Hall–Kier alpha value is -1.62. The molecule has 1 N–H and O–H groups in total. The first kappa shape index (κ1) is 10.5. The van der Waals surface area contributed by atoms with Crippen molar-refractivity contribution in [1.82, 2.24) is 9.55 Å². The van der Waals surface area contributed by atoms with Crippen molar-refractivity contribution in [2.24, 2.45) is 5.92 Å². The highest BCUT2D eigenvalue weighted by atomic mass is 32.1. The summed E-state index contributed by atoms with van der Waals surface area (Å²) in [7, 11) is 0. The molecule has 0 unspecified atom stereocenters. The van der Waals surface area contributed by atoms with E-state index in [1.54, 1.807) is 15.9 Å². The Bertz CT molecular complexity index is 635. The maximum absolute atomic E-state index is 11.8. The lowest BCUT2D eigenvalue weighted by Crippen LogP contribution is -2.31. The molecule has 3 rings (SSSR count). The Labute approximate surface area is 102 Å². The average Bonchev–Trinajstić information content (AvgIpc) is 2.93. The highest BCUT2D eigenvalue weighted by Crippen LogP contribution is 2.31. The summed E-state index contributed by atoms with van der Waals surface area (Å²) in [5.41, 5.74) is 1.04. The summed E-state index contributed by atoms with van der Waals surface area (Å²) in [6, 6.07) is 3.44. The molecule has 1 aliphatic rings. The first-order chi connectivity index (χ1) is 8.24. The van der Waals surface area contributed by atoms with Gasteiger partial charge in [0.15, 0.2) is 0 Å². The molecule has 88 valence electrons. The van der Waals surface area contributed by atoms with Crippen molar-refractivity contribution in [3.8, 4) is 11.3 Å². The molecule has 0 atom stereocenters. The van der Waals surface area contributed by atoms with Crippen LogP contribution in [-0.4, -0.2) is 9.55 Å². The van der Waals surface area contributed by atoms with Gasteiger partial charge in [0.1, 0.15) is 0 Å². The second kappa shape index (κ2) is 4.00.